The van der Waals surface area contributed by atoms with Gasteiger partial charge in [0.1, 0.15) is 0 Å². The minimum absolute atomic E-state index is 0. The van der Waals surface area contributed by atoms with E-state index in [-0.39, 0.29) is 30.8 Å². The molecule has 0 aliphatic carbocycles. The summed E-state index contributed by atoms with van der Waals surface area (Å²) in [6, 6.07) is 8.20. The number of carbonyl (C=O) groups excluding carboxylic acids is 1. The largest absolute Gasteiger partial charge is 0.464 e. The molecule has 0 saturated carbocycles. The Kier molecular flexibility index (Phi) is 7.75. The number of ether oxygens (including phenoxy) is 1. The summed E-state index contributed by atoms with van der Waals surface area (Å²) in [5, 5.41) is 0. The van der Waals surface area contributed by atoms with Crippen LogP contribution in [0.1, 0.15) is 42.4 Å². The SMILES string of the molecule is CCc1nc2n(CCN3CCCCC3)c3ccccc3n2c1C(=O)OC.Cl.Cl. The number of carbonyl (C=O) groups is 1. The average Bonchev–Trinajstić information content (AvgIpc) is 3.21. The zero-order chi connectivity index (χ0) is 18.1. The molecule has 0 radical (unpaired) electrons. The van der Waals surface area contributed by atoms with Crippen LogP contribution in [0.15, 0.2) is 24.3 Å². The summed E-state index contributed by atoms with van der Waals surface area (Å²) >= 11 is 0. The van der Waals surface area contributed by atoms with Gasteiger partial charge >= 0.3 is 5.97 Å². The Morgan fingerprint density at radius 2 is 1.75 bits per heavy atom. The summed E-state index contributed by atoms with van der Waals surface area (Å²) in [5.74, 6) is 0.508. The zero-order valence-corrected chi connectivity index (χ0v) is 18.0. The van der Waals surface area contributed by atoms with E-state index in [1.165, 1.54) is 39.5 Å². The van der Waals surface area contributed by atoms with Gasteiger partial charge in [0, 0.05) is 13.1 Å². The Balaban J connectivity index is 0.00000140. The van der Waals surface area contributed by atoms with E-state index in [0.717, 1.165) is 35.6 Å². The molecular weight excluding hydrogens is 399 g/mol. The molecular formula is C20H28Cl2N4O2. The van der Waals surface area contributed by atoms with E-state index in [4.69, 9.17) is 9.72 Å². The van der Waals surface area contributed by atoms with Crippen molar-refractivity contribution in [3.63, 3.8) is 0 Å². The van der Waals surface area contributed by atoms with Gasteiger partial charge in [0.05, 0.1) is 23.8 Å². The fraction of sp³-hybridized carbons (Fsp3) is 0.500. The Bertz CT molecular complexity index is 945. The highest BCUT2D eigenvalue weighted by molar-refractivity contribution is 5.93. The first kappa shape index (κ1) is 22.5. The van der Waals surface area contributed by atoms with Crippen molar-refractivity contribution in [2.24, 2.45) is 0 Å². The van der Waals surface area contributed by atoms with Crippen LogP contribution in [0.25, 0.3) is 16.8 Å². The maximum atomic E-state index is 12.4. The van der Waals surface area contributed by atoms with Crippen molar-refractivity contribution in [3.8, 4) is 0 Å². The van der Waals surface area contributed by atoms with Crippen molar-refractivity contribution in [2.45, 2.75) is 39.2 Å². The van der Waals surface area contributed by atoms with E-state index in [2.05, 4.69) is 15.5 Å². The molecule has 28 heavy (non-hydrogen) atoms. The first-order valence-electron chi connectivity index (χ1n) is 9.53. The molecule has 2 aromatic heterocycles. The summed E-state index contributed by atoms with van der Waals surface area (Å²) in [7, 11) is 1.43. The molecule has 4 rings (SSSR count). The molecule has 154 valence electrons. The van der Waals surface area contributed by atoms with Crippen LogP contribution in [-0.4, -0.2) is 51.6 Å². The van der Waals surface area contributed by atoms with E-state index >= 15 is 0 Å². The van der Waals surface area contributed by atoms with Crippen LogP contribution in [0.3, 0.4) is 0 Å². The van der Waals surface area contributed by atoms with Gasteiger partial charge in [-0.3, -0.25) is 4.40 Å². The van der Waals surface area contributed by atoms with Gasteiger partial charge in [-0.15, -0.1) is 24.8 Å². The molecule has 6 nitrogen and oxygen atoms in total. The van der Waals surface area contributed by atoms with Crippen LogP contribution in [-0.2, 0) is 17.7 Å². The third-order valence-corrected chi connectivity index (χ3v) is 5.39. The van der Waals surface area contributed by atoms with Gasteiger partial charge in [-0.2, -0.15) is 0 Å². The smallest absolute Gasteiger partial charge is 0.357 e. The lowest BCUT2D eigenvalue weighted by molar-refractivity contribution is 0.0592. The molecule has 0 spiro atoms. The minimum atomic E-state index is -0.326. The average molecular weight is 427 g/mol. The van der Waals surface area contributed by atoms with Gasteiger partial charge in [-0.05, 0) is 44.5 Å². The lowest BCUT2D eigenvalue weighted by Gasteiger charge is -2.26. The van der Waals surface area contributed by atoms with Gasteiger partial charge in [0.25, 0.3) is 0 Å². The number of halogens is 2. The number of benzene rings is 1. The van der Waals surface area contributed by atoms with Crippen molar-refractivity contribution >= 4 is 47.6 Å². The van der Waals surface area contributed by atoms with Gasteiger partial charge < -0.3 is 14.2 Å². The number of fused-ring (bicyclic) bond motifs is 3. The number of piperidine rings is 1. The number of imidazole rings is 2. The molecule has 0 bridgehead atoms. The monoisotopic (exact) mass is 426 g/mol. The van der Waals surface area contributed by atoms with Gasteiger partial charge in [0.15, 0.2) is 5.69 Å². The van der Waals surface area contributed by atoms with Crippen LogP contribution >= 0.6 is 24.8 Å². The lowest BCUT2D eigenvalue weighted by atomic mass is 10.1. The first-order chi connectivity index (χ1) is 12.7. The number of rotatable bonds is 5. The predicted octanol–water partition coefficient (Wildman–Crippen LogP) is 3.97. The van der Waals surface area contributed by atoms with Crippen LogP contribution in [0.4, 0.5) is 0 Å². The highest BCUT2D eigenvalue weighted by atomic mass is 35.5. The van der Waals surface area contributed by atoms with Crippen molar-refractivity contribution in [1.82, 2.24) is 18.9 Å². The molecule has 1 saturated heterocycles. The second-order valence-electron chi connectivity index (χ2n) is 6.93. The van der Waals surface area contributed by atoms with Crippen LogP contribution in [0.5, 0.6) is 0 Å². The standard InChI is InChI=1S/C20H26N4O2.2ClH/c1-3-15-18(19(25)26-2)24-17-10-6-5-9-16(17)23(20(24)21-15)14-13-22-11-7-4-8-12-22;;/h5-6,9-10H,3-4,7-8,11-14H2,1-2H3;2*1H. The van der Waals surface area contributed by atoms with E-state index < -0.39 is 0 Å². The quantitative estimate of drug-likeness (QED) is 0.579. The van der Waals surface area contributed by atoms with Gasteiger partial charge in [0.2, 0.25) is 5.78 Å². The number of esters is 1. The Hall–Kier alpha value is -1.76. The molecule has 0 N–H and O–H groups in total. The summed E-state index contributed by atoms with van der Waals surface area (Å²) in [6.45, 7) is 6.26. The summed E-state index contributed by atoms with van der Waals surface area (Å²) < 4.78 is 9.26. The molecule has 1 aliphatic rings. The third kappa shape index (κ3) is 3.86. The molecule has 3 heterocycles. The molecule has 1 aromatic carbocycles. The number of hydrogen-bond acceptors (Lipinski definition) is 4. The second kappa shape index (κ2) is 9.63. The zero-order valence-electron chi connectivity index (χ0n) is 16.4. The Morgan fingerprint density at radius 3 is 2.39 bits per heavy atom. The number of nitrogens with zero attached hydrogens (tertiary/aromatic N) is 4. The normalized spacial score (nSPS) is 14.6. The van der Waals surface area contributed by atoms with E-state index in [1.807, 2.05) is 29.5 Å². The second-order valence-corrected chi connectivity index (χ2v) is 6.93. The van der Waals surface area contributed by atoms with Crippen molar-refractivity contribution in [3.05, 3.63) is 35.7 Å². The van der Waals surface area contributed by atoms with Crippen LogP contribution in [0, 0.1) is 0 Å². The van der Waals surface area contributed by atoms with Crippen molar-refractivity contribution in [2.75, 3.05) is 26.7 Å². The molecule has 0 atom stereocenters. The van der Waals surface area contributed by atoms with Crippen molar-refractivity contribution < 1.29 is 9.53 Å². The number of aryl methyl sites for hydroxylation is 1. The molecule has 0 amide bonds. The minimum Gasteiger partial charge on any atom is -0.464 e. The number of methoxy groups -OCH3 is 1. The highest BCUT2D eigenvalue weighted by Gasteiger charge is 2.24. The summed E-state index contributed by atoms with van der Waals surface area (Å²) in [6.07, 6.45) is 4.62. The summed E-state index contributed by atoms with van der Waals surface area (Å²) in [4.78, 5) is 19.8. The fourth-order valence-electron chi connectivity index (χ4n) is 4.05. The van der Waals surface area contributed by atoms with E-state index in [1.54, 1.807) is 0 Å². The lowest BCUT2D eigenvalue weighted by Crippen LogP contribution is -2.32. The molecule has 1 aliphatic heterocycles. The van der Waals surface area contributed by atoms with Crippen molar-refractivity contribution in [1.29, 1.82) is 0 Å². The predicted molar refractivity (Wildman–Crippen MR) is 116 cm³/mol. The summed E-state index contributed by atoms with van der Waals surface area (Å²) in [5.41, 5.74) is 3.47. The maximum absolute atomic E-state index is 12.4. The van der Waals surface area contributed by atoms with E-state index in [0.29, 0.717) is 12.1 Å². The third-order valence-electron chi connectivity index (χ3n) is 5.39. The van der Waals surface area contributed by atoms with Gasteiger partial charge in [-0.1, -0.05) is 25.5 Å². The topological polar surface area (TPSA) is 51.8 Å². The van der Waals surface area contributed by atoms with Crippen LogP contribution < -0.4 is 0 Å². The highest BCUT2D eigenvalue weighted by Crippen LogP contribution is 2.25. The van der Waals surface area contributed by atoms with Crippen LogP contribution in [0.2, 0.25) is 0 Å². The Labute approximate surface area is 177 Å². The molecule has 3 aromatic rings. The molecule has 0 unspecified atom stereocenters. The number of likely N-dealkylation sites (tertiary alicyclic amines) is 1. The number of hydrogen-bond donors (Lipinski definition) is 0. The number of para-hydroxylation sites is 2. The van der Waals surface area contributed by atoms with Gasteiger partial charge in [-0.25, -0.2) is 9.78 Å². The molecule has 1 fully saturated rings. The fourth-order valence-corrected chi connectivity index (χ4v) is 4.05. The van der Waals surface area contributed by atoms with E-state index in [9.17, 15) is 4.79 Å². The maximum Gasteiger partial charge on any atom is 0.357 e. The molecule has 8 heteroatoms. The Morgan fingerprint density at radius 1 is 1.07 bits per heavy atom. The number of aromatic nitrogens is 3. The first-order valence-corrected chi connectivity index (χ1v) is 9.53.